The van der Waals surface area contributed by atoms with E-state index < -0.39 is 0 Å². The molecule has 0 saturated carbocycles. The van der Waals surface area contributed by atoms with E-state index in [9.17, 15) is 4.79 Å². The molecule has 0 fully saturated rings. The van der Waals surface area contributed by atoms with Gasteiger partial charge in [0.1, 0.15) is 0 Å². The number of rotatable bonds is 6. The van der Waals surface area contributed by atoms with E-state index in [0.717, 1.165) is 21.3 Å². The Morgan fingerprint density at radius 3 is 2.77 bits per heavy atom. The predicted octanol–water partition coefficient (Wildman–Crippen LogP) is 4.31. The molecule has 0 aliphatic carbocycles. The average Bonchev–Trinajstić information content (AvgIpc) is 3.08. The van der Waals surface area contributed by atoms with E-state index in [0.29, 0.717) is 18.3 Å². The van der Waals surface area contributed by atoms with Gasteiger partial charge in [0.2, 0.25) is 17.7 Å². The number of carbonyl (C=O) groups is 1. The van der Waals surface area contributed by atoms with Gasteiger partial charge in [0.25, 0.3) is 0 Å². The van der Waals surface area contributed by atoms with Gasteiger partial charge in [-0.25, -0.2) is 0 Å². The highest BCUT2D eigenvalue weighted by atomic mass is 79.9. The summed E-state index contributed by atoms with van der Waals surface area (Å²) in [6.45, 7) is 3.98. The second kappa shape index (κ2) is 8.25. The molecule has 1 amide bonds. The lowest BCUT2D eigenvalue weighted by Gasteiger charge is -2.14. The summed E-state index contributed by atoms with van der Waals surface area (Å²) in [6.07, 6.45) is 0. The van der Waals surface area contributed by atoms with Gasteiger partial charge in [-0.15, -0.1) is 10.2 Å². The van der Waals surface area contributed by atoms with Crippen molar-refractivity contribution in [2.75, 3.05) is 5.32 Å². The van der Waals surface area contributed by atoms with E-state index in [4.69, 9.17) is 4.42 Å². The molecular weight excluding hydrogens is 396 g/mol. The monoisotopic (exact) mass is 414 g/mol. The number of amides is 1. The van der Waals surface area contributed by atoms with Crippen LogP contribution in [-0.4, -0.2) is 16.1 Å². The molecule has 1 unspecified atom stereocenters. The minimum Gasteiger partial charge on any atom is -0.419 e. The number of benzene rings is 2. The van der Waals surface area contributed by atoms with Crippen molar-refractivity contribution in [3.8, 4) is 11.5 Å². The van der Waals surface area contributed by atoms with Crippen LogP contribution in [0.15, 0.2) is 57.4 Å². The van der Waals surface area contributed by atoms with E-state index in [2.05, 4.69) is 36.8 Å². The molecule has 134 valence electrons. The molecule has 0 aliphatic heterocycles. The van der Waals surface area contributed by atoms with Gasteiger partial charge in [0.15, 0.2) is 0 Å². The summed E-state index contributed by atoms with van der Waals surface area (Å²) < 4.78 is 6.65. The second-order valence-corrected chi connectivity index (χ2v) is 6.74. The fourth-order valence-electron chi connectivity index (χ4n) is 2.52. The maximum Gasteiger partial charge on any atom is 0.248 e. The molecule has 0 aliphatic rings. The van der Waals surface area contributed by atoms with Crippen LogP contribution >= 0.6 is 15.9 Å². The quantitative estimate of drug-likeness (QED) is 0.627. The van der Waals surface area contributed by atoms with Crippen molar-refractivity contribution in [1.29, 1.82) is 0 Å². The lowest BCUT2D eigenvalue weighted by molar-refractivity contribution is -0.114. The molecule has 1 aromatic heterocycles. The number of anilines is 1. The summed E-state index contributed by atoms with van der Waals surface area (Å²) in [5, 5.41) is 14.4. The van der Waals surface area contributed by atoms with Crippen LogP contribution in [0.2, 0.25) is 0 Å². The normalized spacial score (nSPS) is 12.0. The SMILES string of the molecule is CC(=O)Nc1cccc(C(C)NCc2nnc(-c3ccccc3Br)o2)c1. The van der Waals surface area contributed by atoms with Crippen molar-refractivity contribution in [3.05, 3.63) is 64.5 Å². The molecule has 26 heavy (non-hydrogen) atoms. The number of nitrogens with zero attached hydrogens (tertiary/aromatic N) is 2. The van der Waals surface area contributed by atoms with Gasteiger partial charge in [-0.1, -0.05) is 24.3 Å². The number of aromatic nitrogens is 2. The van der Waals surface area contributed by atoms with Gasteiger partial charge in [0.05, 0.1) is 12.1 Å². The second-order valence-electron chi connectivity index (χ2n) is 5.89. The molecule has 1 heterocycles. The summed E-state index contributed by atoms with van der Waals surface area (Å²) in [4.78, 5) is 11.2. The van der Waals surface area contributed by atoms with Crippen molar-refractivity contribution in [1.82, 2.24) is 15.5 Å². The van der Waals surface area contributed by atoms with E-state index in [1.54, 1.807) is 0 Å². The molecule has 7 heteroatoms. The van der Waals surface area contributed by atoms with Gasteiger partial charge in [-0.2, -0.15) is 0 Å². The summed E-state index contributed by atoms with van der Waals surface area (Å²) in [6, 6.07) is 15.5. The minimum absolute atomic E-state index is 0.0579. The van der Waals surface area contributed by atoms with Crippen LogP contribution in [0.5, 0.6) is 0 Å². The maximum atomic E-state index is 11.2. The predicted molar refractivity (Wildman–Crippen MR) is 103 cm³/mol. The Labute approximate surface area is 160 Å². The van der Waals surface area contributed by atoms with Crippen molar-refractivity contribution in [3.63, 3.8) is 0 Å². The third kappa shape index (κ3) is 4.56. The fourth-order valence-corrected chi connectivity index (χ4v) is 2.97. The zero-order valence-corrected chi connectivity index (χ0v) is 16.1. The van der Waals surface area contributed by atoms with Crippen LogP contribution in [-0.2, 0) is 11.3 Å². The number of hydrogen-bond acceptors (Lipinski definition) is 5. The largest absolute Gasteiger partial charge is 0.419 e. The number of hydrogen-bond donors (Lipinski definition) is 2. The van der Waals surface area contributed by atoms with Gasteiger partial charge in [-0.3, -0.25) is 4.79 Å². The summed E-state index contributed by atoms with van der Waals surface area (Å²) >= 11 is 3.49. The van der Waals surface area contributed by atoms with E-state index in [1.165, 1.54) is 6.92 Å². The lowest BCUT2D eigenvalue weighted by Crippen LogP contribution is -2.18. The molecule has 2 aromatic carbocycles. The van der Waals surface area contributed by atoms with Crippen molar-refractivity contribution in [2.45, 2.75) is 26.4 Å². The van der Waals surface area contributed by atoms with Crippen molar-refractivity contribution >= 4 is 27.5 Å². The highest BCUT2D eigenvalue weighted by Gasteiger charge is 2.13. The molecular formula is C19H19BrN4O2. The molecule has 0 saturated heterocycles. The first kappa shape index (κ1) is 18.3. The Morgan fingerprint density at radius 1 is 1.19 bits per heavy atom. The molecule has 3 rings (SSSR count). The fraction of sp³-hybridized carbons (Fsp3) is 0.211. The van der Waals surface area contributed by atoms with E-state index in [1.807, 2.05) is 55.5 Å². The lowest BCUT2D eigenvalue weighted by atomic mass is 10.1. The van der Waals surface area contributed by atoms with Crippen LogP contribution < -0.4 is 10.6 Å². The Morgan fingerprint density at radius 2 is 2.00 bits per heavy atom. The molecule has 3 aromatic rings. The Bertz CT molecular complexity index is 910. The van der Waals surface area contributed by atoms with Crippen LogP contribution in [0.3, 0.4) is 0 Å². The zero-order valence-electron chi connectivity index (χ0n) is 14.5. The van der Waals surface area contributed by atoms with E-state index >= 15 is 0 Å². The van der Waals surface area contributed by atoms with Crippen LogP contribution in [0.1, 0.15) is 31.3 Å². The smallest absolute Gasteiger partial charge is 0.248 e. The Kier molecular flexibility index (Phi) is 5.80. The first-order valence-corrected chi connectivity index (χ1v) is 9.00. The van der Waals surface area contributed by atoms with Crippen molar-refractivity contribution in [2.24, 2.45) is 0 Å². The van der Waals surface area contributed by atoms with Crippen LogP contribution in [0.4, 0.5) is 5.69 Å². The summed E-state index contributed by atoms with van der Waals surface area (Å²) in [5.74, 6) is 0.906. The number of halogens is 1. The van der Waals surface area contributed by atoms with Crippen LogP contribution in [0, 0.1) is 0 Å². The first-order chi connectivity index (χ1) is 12.5. The molecule has 2 N–H and O–H groups in total. The van der Waals surface area contributed by atoms with E-state index in [-0.39, 0.29) is 11.9 Å². The molecule has 6 nitrogen and oxygen atoms in total. The Hall–Kier alpha value is -2.51. The first-order valence-electron chi connectivity index (χ1n) is 8.21. The standard InChI is InChI=1S/C19H19BrN4O2/c1-12(14-6-5-7-15(10-14)22-13(2)25)21-11-18-23-24-19(26-18)16-8-3-4-9-17(16)20/h3-10,12,21H,11H2,1-2H3,(H,22,25). The third-order valence-corrected chi connectivity index (χ3v) is 4.53. The average molecular weight is 415 g/mol. The minimum atomic E-state index is -0.0896. The molecule has 1 atom stereocenters. The zero-order chi connectivity index (χ0) is 18.5. The topological polar surface area (TPSA) is 80.0 Å². The third-order valence-electron chi connectivity index (χ3n) is 3.84. The van der Waals surface area contributed by atoms with Gasteiger partial charge >= 0.3 is 0 Å². The molecule has 0 spiro atoms. The Balaban J connectivity index is 1.64. The van der Waals surface area contributed by atoms with Crippen molar-refractivity contribution < 1.29 is 9.21 Å². The summed E-state index contributed by atoms with van der Waals surface area (Å²) in [7, 11) is 0. The maximum absolute atomic E-state index is 11.2. The van der Waals surface area contributed by atoms with Gasteiger partial charge in [0, 0.05) is 23.1 Å². The number of carbonyl (C=O) groups excluding carboxylic acids is 1. The van der Waals surface area contributed by atoms with Gasteiger partial charge < -0.3 is 15.1 Å². The number of nitrogens with one attached hydrogen (secondary N) is 2. The molecule has 0 radical (unpaired) electrons. The highest BCUT2D eigenvalue weighted by Crippen LogP contribution is 2.26. The van der Waals surface area contributed by atoms with Crippen LogP contribution in [0.25, 0.3) is 11.5 Å². The highest BCUT2D eigenvalue weighted by molar-refractivity contribution is 9.10. The van der Waals surface area contributed by atoms with Gasteiger partial charge in [-0.05, 0) is 52.7 Å². The summed E-state index contributed by atoms with van der Waals surface area (Å²) in [5.41, 5.74) is 2.70. The molecule has 0 bridgehead atoms.